The predicted molar refractivity (Wildman–Crippen MR) is 114 cm³/mol. The van der Waals surface area contributed by atoms with E-state index < -0.39 is 12.2 Å². The van der Waals surface area contributed by atoms with E-state index in [2.05, 4.69) is 15.5 Å². The maximum atomic E-state index is 13.1. The molecule has 3 amide bonds. The van der Waals surface area contributed by atoms with Gasteiger partial charge in [-0.15, -0.1) is 0 Å². The zero-order valence-electron chi connectivity index (χ0n) is 16.7. The molecule has 2 aliphatic heterocycles. The van der Waals surface area contributed by atoms with E-state index in [0.29, 0.717) is 5.69 Å². The largest absolute Gasteiger partial charge is 0.356 e. The van der Waals surface area contributed by atoms with Crippen molar-refractivity contribution in [1.82, 2.24) is 10.2 Å². The number of fused-ring (bicyclic) bond motifs is 1. The maximum absolute atomic E-state index is 13.1. The van der Waals surface area contributed by atoms with Gasteiger partial charge in [-0.2, -0.15) is 0 Å². The molecule has 7 nitrogen and oxygen atoms in total. The fourth-order valence-corrected chi connectivity index (χ4v) is 3.79. The molecular formula is C22H25N5O2. The molecule has 1 saturated heterocycles. The Labute approximate surface area is 170 Å². The number of likely N-dealkylation sites (tertiary alicyclic amines) is 1. The van der Waals surface area contributed by atoms with Gasteiger partial charge < -0.3 is 20.4 Å². The van der Waals surface area contributed by atoms with Gasteiger partial charge in [0.1, 0.15) is 5.84 Å². The smallest absolute Gasteiger partial charge is 0.321 e. The number of carbonyl (C=O) groups is 2. The van der Waals surface area contributed by atoms with E-state index in [9.17, 15) is 9.59 Å². The Kier molecular flexibility index (Phi) is 5.20. The SMILES string of the molecule is Cc1cccc(NC(=O)N[C@@H]2N=C(N3CCCC3)c3ccccc3N(C)C2=O)c1. The van der Waals surface area contributed by atoms with E-state index in [0.717, 1.165) is 48.6 Å². The number of carbonyl (C=O) groups excluding carboxylic acids is 2. The van der Waals surface area contributed by atoms with Crippen LogP contribution in [-0.4, -0.2) is 49.0 Å². The highest BCUT2D eigenvalue weighted by Crippen LogP contribution is 2.27. The van der Waals surface area contributed by atoms with Crippen LogP contribution in [0.1, 0.15) is 24.0 Å². The number of nitrogens with zero attached hydrogens (tertiary/aromatic N) is 3. The summed E-state index contributed by atoms with van der Waals surface area (Å²) >= 11 is 0. The van der Waals surface area contributed by atoms with Gasteiger partial charge >= 0.3 is 6.03 Å². The quantitative estimate of drug-likeness (QED) is 0.826. The molecular weight excluding hydrogens is 366 g/mol. The zero-order valence-corrected chi connectivity index (χ0v) is 16.7. The summed E-state index contributed by atoms with van der Waals surface area (Å²) in [6.45, 7) is 3.75. The lowest BCUT2D eigenvalue weighted by Gasteiger charge is -2.22. The number of para-hydroxylation sites is 1. The molecule has 2 heterocycles. The van der Waals surface area contributed by atoms with Crippen molar-refractivity contribution in [3.8, 4) is 0 Å². The van der Waals surface area contributed by atoms with Crippen LogP contribution in [0.5, 0.6) is 0 Å². The second-order valence-electron chi connectivity index (χ2n) is 7.43. The summed E-state index contributed by atoms with van der Waals surface area (Å²) in [6, 6.07) is 14.8. The Bertz CT molecular complexity index is 965. The molecule has 0 aromatic heterocycles. The van der Waals surface area contributed by atoms with E-state index in [4.69, 9.17) is 4.99 Å². The molecule has 7 heteroatoms. The van der Waals surface area contributed by atoms with Crippen LogP contribution in [0, 0.1) is 6.92 Å². The number of amides is 3. The van der Waals surface area contributed by atoms with Crippen molar-refractivity contribution in [2.75, 3.05) is 30.4 Å². The molecule has 2 aliphatic rings. The van der Waals surface area contributed by atoms with Gasteiger partial charge in [-0.3, -0.25) is 4.79 Å². The number of amidine groups is 1. The molecule has 29 heavy (non-hydrogen) atoms. The third-order valence-electron chi connectivity index (χ3n) is 5.27. The number of hydrogen-bond donors (Lipinski definition) is 2. The normalized spacial score (nSPS) is 18.8. The molecule has 0 saturated carbocycles. The summed E-state index contributed by atoms with van der Waals surface area (Å²) in [7, 11) is 1.72. The van der Waals surface area contributed by atoms with Crippen molar-refractivity contribution in [2.24, 2.45) is 4.99 Å². The van der Waals surface area contributed by atoms with Gasteiger partial charge in [-0.05, 0) is 49.6 Å². The van der Waals surface area contributed by atoms with Crippen LogP contribution in [-0.2, 0) is 4.79 Å². The maximum Gasteiger partial charge on any atom is 0.321 e. The van der Waals surface area contributed by atoms with Crippen LogP contribution in [0.25, 0.3) is 0 Å². The fraction of sp³-hybridized carbons (Fsp3) is 0.318. The average molecular weight is 391 g/mol. The van der Waals surface area contributed by atoms with Crippen molar-refractivity contribution in [1.29, 1.82) is 0 Å². The van der Waals surface area contributed by atoms with Gasteiger partial charge in [0.05, 0.1) is 5.69 Å². The first-order chi connectivity index (χ1) is 14.0. The van der Waals surface area contributed by atoms with Crippen LogP contribution in [0.4, 0.5) is 16.2 Å². The second-order valence-corrected chi connectivity index (χ2v) is 7.43. The number of urea groups is 1. The molecule has 0 spiro atoms. The van der Waals surface area contributed by atoms with Crippen LogP contribution in [0.15, 0.2) is 53.5 Å². The molecule has 2 aromatic rings. The Balaban J connectivity index is 1.63. The van der Waals surface area contributed by atoms with Gasteiger partial charge in [-0.25, -0.2) is 9.79 Å². The summed E-state index contributed by atoms with van der Waals surface area (Å²) < 4.78 is 0. The van der Waals surface area contributed by atoms with Crippen molar-refractivity contribution in [3.63, 3.8) is 0 Å². The topological polar surface area (TPSA) is 77.0 Å². The summed E-state index contributed by atoms with van der Waals surface area (Å²) in [4.78, 5) is 34.1. The van der Waals surface area contributed by atoms with E-state index in [1.165, 1.54) is 0 Å². The van der Waals surface area contributed by atoms with E-state index >= 15 is 0 Å². The summed E-state index contributed by atoms with van der Waals surface area (Å²) in [5.74, 6) is 0.489. The Morgan fingerprint density at radius 2 is 1.86 bits per heavy atom. The highest BCUT2D eigenvalue weighted by molar-refractivity contribution is 6.12. The third kappa shape index (κ3) is 3.94. The van der Waals surface area contributed by atoms with Gasteiger partial charge in [-0.1, -0.05) is 24.3 Å². The summed E-state index contributed by atoms with van der Waals surface area (Å²) in [5, 5.41) is 5.53. The lowest BCUT2D eigenvalue weighted by Crippen LogP contribution is -2.47. The zero-order chi connectivity index (χ0) is 20.4. The number of aryl methyl sites for hydroxylation is 1. The van der Waals surface area contributed by atoms with Crippen LogP contribution in [0.2, 0.25) is 0 Å². The first-order valence-electron chi connectivity index (χ1n) is 9.87. The second kappa shape index (κ2) is 7.95. The van der Waals surface area contributed by atoms with Crippen LogP contribution < -0.4 is 15.5 Å². The monoisotopic (exact) mass is 391 g/mol. The summed E-state index contributed by atoms with van der Waals surface area (Å²) in [5.41, 5.74) is 3.42. The highest BCUT2D eigenvalue weighted by atomic mass is 16.2. The number of hydrogen-bond acceptors (Lipinski definition) is 4. The molecule has 4 rings (SSSR count). The van der Waals surface area contributed by atoms with Crippen molar-refractivity contribution < 1.29 is 9.59 Å². The van der Waals surface area contributed by atoms with Crippen molar-refractivity contribution >= 4 is 29.1 Å². The lowest BCUT2D eigenvalue weighted by molar-refractivity contribution is -0.119. The molecule has 150 valence electrons. The minimum absolute atomic E-state index is 0.272. The molecule has 0 bridgehead atoms. The number of rotatable bonds is 2. The number of nitrogens with one attached hydrogen (secondary N) is 2. The Morgan fingerprint density at radius 3 is 2.62 bits per heavy atom. The average Bonchev–Trinajstić information content (AvgIpc) is 3.21. The molecule has 2 aromatic carbocycles. The third-order valence-corrected chi connectivity index (χ3v) is 5.27. The summed E-state index contributed by atoms with van der Waals surface area (Å²) in [6.07, 6.45) is 1.20. The molecule has 1 fully saturated rings. The van der Waals surface area contributed by atoms with Gasteiger partial charge in [0, 0.05) is 31.4 Å². The van der Waals surface area contributed by atoms with Crippen LogP contribution >= 0.6 is 0 Å². The predicted octanol–water partition coefficient (Wildman–Crippen LogP) is 2.96. The van der Waals surface area contributed by atoms with E-state index in [1.54, 1.807) is 11.9 Å². The van der Waals surface area contributed by atoms with E-state index in [1.807, 2.05) is 55.5 Å². The fourth-order valence-electron chi connectivity index (χ4n) is 3.79. The molecule has 1 atom stereocenters. The van der Waals surface area contributed by atoms with Crippen LogP contribution in [0.3, 0.4) is 0 Å². The van der Waals surface area contributed by atoms with Crippen molar-refractivity contribution in [2.45, 2.75) is 25.9 Å². The Morgan fingerprint density at radius 1 is 1.10 bits per heavy atom. The lowest BCUT2D eigenvalue weighted by atomic mass is 10.1. The van der Waals surface area contributed by atoms with E-state index in [-0.39, 0.29) is 5.91 Å². The number of anilines is 2. The number of benzodiazepines with no additional fused rings is 1. The number of likely N-dealkylation sites (N-methyl/N-ethyl adjacent to an activating group) is 1. The molecule has 0 unspecified atom stereocenters. The van der Waals surface area contributed by atoms with Crippen molar-refractivity contribution in [3.05, 3.63) is 59.7 Å². The Hall–Kier alpha value is -3.35. The first-order valence-corrected chi connectivity index (χ1v) is 9.87. The highest BCUT2D eigenvalue weighted by Gasteiger charge is 2.32. The van der Waals surface area contributed by atoms with Gasteiger partial charge in [0.15, 0.2) is 0 Å². The van der Waals surface area contributed by atoms with Gasteiger partial charge in [0.2, 0.25) is 6.17 Å². The van der Waals surface area contributed by atoms with Gasteiger partial charge in [0.25, 0.3) is 5.91 Å². The molecule has 2 N–H and O–H groups in total. The number of benzene rings is 2. The standard InChI is InChI=1S/C22H25N5O2/c1-15-8-7-9-16(14-15)23-22(29)25-19-21(28)26(2)18-11-4-3-10-17(18)20(24-19)27-12-5-6-13-27/h3-4,7-11,14,19H,5-6,12-13H2,1-2H3,(H2,23,25,29)/t19-/m0/s1. The minimum Gasteiger partial charge on any atom is -0.356 e. The number of aliphatic imine (C=N–C) groups is 1. The molecule has 0 aliphatic carbocycles. The molecule has 0 radical (unpaired) electrons. The minimum atomic E-state index is -0.993. The first kappa shape index (κ1) is 19.0.